The highest BCUT2D eigenvalue weighted by Gasteiger charge is 2.27. The minimum atomic E-state index is -0.538. The first-order valence-corrected chi connectivity index (χ1v) is 10.3. The Labute approximate surface area is 187 Å². The van der Waals surface area contributed by atoms with Crippen LogP contribution in [-0.2, 0) is 14.9 Å². The molecule has 0 atom stereocenters. The van der Waals surface area contributed by atoms with Gasteiger partial charge in [-0.1, -0.05) is 57.2 Å². The Hall–Kier alpha value is -3.76. The predicted octanol–water partition coefficient (Wildman–Crippen LogP) is 3.17. The van der Waals surface area contributed by atoms with Gasteiger partial charge >= 0.3 is 0 Å². The number of carbonyl (C=O) groups excluding carboxylic acids is 2. The smallest absolute Gasteiger partial charge is 0.264 e. The van der Waals surface area contributed by atoms with E-state index in [9.17, 15) is 14.9 Å². The van der Waals surface area contributed by atoms with Crippen LogP contribution in [0.1, 0.15) is 47.8 Å². The zero-order valence-corrected chi connectivity index (χ0v) is 18.7. The van der Waals surface area contributed by atoms with Crippen molar-refractivity contribution >= 4 is 23.3 Å². The second kappa shape index (κ2) is 9.58. The van der Waals surface area contributed by atoms with Crippen LogP contribution in [0.3, 0.4) is 0 Å². The van der Waals surface area contributed by atoms with Crippen molar-refractivity contribution in [3.63, 3.8) is 0 Å². The van der Waals surface area contributed by atoms with Gasteiger partial charge in [0.25, 0.3) is 11.8 Å². The predicted molar refractivity (Wildman–Crippen MR) is 123 cm³/mol. The lowest BCUT2D eigenvalue weighted by Crippen LogP contribution is -2.30. The molecule has 2 amide bonds. The van der Waals surface area contributed by atoms with E-state index in [4.69, 9.17) is 4.74 Å². The molecule has 0 aromatic heterocycles. The van der Waals surface area contributed by atoms with Crippen LogP contribution in [0.4, 0.5) is 0 Å². The van der Waals surface area contributed by atoms with Crippen LogP contribution in [-0.4, -0.2) is 37.9 Å². The van der Waals surface area contributed by atoms with E-state index in [1.165, 1.54) is 7.11 Å². The molecule has 0 aliphatic carbocycles. The minimum absolute atomic E-state index is 0.0132. The van der Waals surface area contributed by atoms with E-state index in [-0.39, 0.29) is 29.1 Å². The first kappa shape index (κ1) is 22.9. The van der Waals surface area contributed by atoms with Gasteiger partial charge in [0.15, 0.2) is 0 Å². The molecule has 2 N–H and O–H groups in total. The van der Waals surface area contributed by atoms with E-state index < -0.39 is 5.91 Å². The molecule has 0 spiro atoms. The van der Waals surface area contributed by atoms with Crippen molar-refractivity contribution < 1.29 is 14.3 Å². The second-order valence-electron chi connectivity index (χ2n) is 8.37. The summed E-state index contributed by atoms with van der Waals surface area (Å²) in [5.74, 6) is -0.551. The molecular formula is C25H26N4O3. The molecule has 0 saturated heterocycles. The number of benzene rings is 2. The zero-order valence-electron chi connectivity index (χ0n) is 18.7. The number of nitrogens with one attached hydrogen (secondary N) is 2. The highest BCUT2D eigenvalue weighted by atomic mass is 16.5. The van der Waals surface area contributed by atoms with Crippen molar-refractivity contribution in [2.24, 2.45) is 4.99 Å². The van der Waals surface area contributed by atoms with Gasteiger partial charge in [0.1, 0.15) is 17.5 Å². The molecule has 7 heteroatoms. The largest absolute Gasteiger partial charge is 0.383 e. The Balaban J connectivity index is 1.90. The fraction of sp³-hybridized carbons (Fsp3) is 0.280. The van der Waals surface area contributed by atoms with Gasteiger partial charge in [0.05, 0.1) is 12.3 Å². The lowest BCUT2D eigenvalue weighted by Gasteiger charge is -2.19. The quantitative estimate of drug-likeness (QED) is 0.432. The normalized spacial score (nSPS) is 14.2. The lowest BCUT2D eigenvalue weighted by atomic mass is 9.87. The van der Waals surface area contributed by atoms with E-state index in [0.717, 1.165) is 5.56 Å². The van der Waals surface area contributed by atoms with Crippen LogP contribution >= 0.6 is 0 Å². The summed E-state index contributed by atoms with van der Waals surface area (Å²) < 4.78 is 4.93. The number of carbonyl (C=O) groups is 2. The Morgan fingerprint density at radius 1 is 1.06 bits per heavy atom. The average Bonchev–Trinajstić information content (AvgIpc) is 3.12. The van der Waals surface area contributed by atoms with Gasteiger partial charge in [-0.15, -0.1) is 0 Å². The number of hydrogen-bond acceptors (Lipinski definition) is 5. The molecule has 1 aliphatic rings. The molecule has 32 heavy (non-hydrogen) atoms. The van der Waals surface area contributed by atoms with Crippen molar-refractivity contribution in [1.29, 1.82) is 5.26 Å². The number of rotatable bonds is 5. The molecule has 2 aromatic carbocycles. The number of amides is 2. The number of nitriles is 1. The highest BCUT2D eigenvalue weighted by molar-refractivity contribution is 6.20. The number of ether oxygens (including phenoxy) is 1. The van der Waals surface area contributed by atoms with Crippen LogP contribution < -0.4 is 10.6 Å². The Morgan fingerprint density at radius 3 is 2.31 bits per heavy atom. The van der Waals surface area contributed by atoms with Crippen molar-refractivity contribution in [3.05, 3.63) is 76.4 Å². The second-order valence-corrected chi connectivity index (χ2v) is 8.37. The molecule has 2 aromatic rings. The van der Waals surface area contributed by atoms with Gasteiger partial charge in [0.2, 0.25) is 0 Å². The molecule has 0 radical (unpaired) electrons. The first-order chi connectivity index (χ1) is 15.3. The monoisotopic (exact) mass is 430 g/mol. The average molecular weight is 431 g/mol. The summed E-state index contributed by atoms with van der Waals surface area (Å²) in [6, 6.07) is 16.5. The third-order valence-electron chi connectivity index (χ3n) is 5.07. The van der Waals surface area contributed by atoms with E-state index in [1.54, 1.807) is 30.3 Å². The summed E-state index contributed by atoms with van der Waals surface area (Å²) in [7, 11) is 1.53. The van der Waals surface area contributed by atoms with Crippen LogP contribution in [0.2, 0.25) is 0 Å². The Morgan fingerprint density at radius 2 is 1.72 bits per heavy atom. The summed E-state index contributed by atoms with van der Waals surface area (Å²) >= 11 is 0. The van der Waals surface area contributed by atoms with Gasteiger partial charge in [-0.2, -0.15) is 5.26 Å². The maximum atomic E-state index is 12.9. The van der Waals surface area contributed by atoms with Gasteiger partial charge in [-0.3, -0.25) is 9.59 Å². The number of nitrogens with zero attached hydrogens (tertiary/aromatic N) is 2. The molecule has 164 valence electrons. The van der Waals surface area contributed by atoms with E-state index in [0.29, 0.717) is 29.1 Å². The summed E-state index contributed by atoms with van der Waals surface area (Å²) in [6.07, 6.45) is 0. The Bertz CT molecular complexity index is 1130. The fourth-order valence-electron chi connectivity index (χ4n) is 3.28. The standard InChI is InChI=1S/C25H26N4O3/c1-25(2,3)17-11-9-16(10-12-17)23(30)29-22-19-8-6-5-7-18(19)21(28-22)20(15-26)24(31)27-13-14-32-4/h5-12H,13-14H2,1-4H3,(H,27,31)(H,28,29,30). The van der Waals surface area contributed by atoms with Gasteiger partial charge in [-0.05, 0) is 23.1 Å². The van der Waals surface area contributed by atoms with Crippen LogP contribution in [0.25, 0.3) is 5.70 Å². The number of methoxy groups -OCH3 is 1. The third-order valence-corrected chi connectivity index (χ3v) is 5.07. The zero-order chi connectivity index (χ0) is 23.3. The number of fused-ring (bicyclic) bond motifs is 1. The van der Waals surface area contributed by atoms with Gasteiger partial charge in [-0.25, -0.2) is 4.99 Å². The van der Waals surface area contributed by atoms with Gasteiger partial charge in [0, 0.05) is 30.3 Å². The molecule has 0 saturated carbocycles. The van der Waals surface area contributed by atoms with Crippen molar-refractivity contribution in [2.45, 2.75) is 26.2 Å². The fourth-order valence-corrected chi connectivity index (χ4v) is 3.28. The molecule has 1 heterocycles. The van der Waals surface area contributed by atoms with Crippen molar-refractivity contribution in [1.82, 2.24) is 10.6 Å². The minimum Gasteiger partial charge on any atom is -0.383 e. The number of aliphatic imine (C=N–C) groups is 1. The maximum absolute atomic E-state index is 12.9. The topological polar surface area (TPSA) is 104 Å². The van der Waals surface area contributed by atoms with Crippen molar-refractivity contribution in [2.75, 3.05) is 20.3 Å². The lowest BCUT2D eigenvalue weighted by molar-refractivity contribution is -0.117. The highest BCUT2D eigenvalue weighted by Crippen LogP contribution is 2.30. The molecule has 3 rings (SSSR count). The van der Waals surface area contributed by atoms with Crippen molar-refractivity contribution in [3.8, 4) is 6.07 Å². The van der Waals surface area contributed by atoms with Crippen LogP contribution in [0.15, 0.2) is 59.1 Å². The summed E-state index contributed by atoms with van der Waals surface area (Å²) in [4.78, 5) is 29.8. The van der Waals surface area contributed by atoms with E-state index in [1.807, 2.05) is 24.3 Å². The van der Waals surface area contributed by atoms with Gasteiger partial charge < -0.3 is 15.4 Å². The first-order valence-electron chi connectivity index (χ1n) is 10.3. The molecule has 7 nitrogen and oxygen atoms in total. The molecule has 0 bridgehead atoms. The summed E-state index contributed by atoms with van der Waals surface area (Å²) in [5.41, 5.74) is 2.99. The number of amidine groups is 1. The molecule has 1 aliphatic heterocycles. The maximum Gasteiger partial charge on any atom is 0.264 e. The molecular weight excluding hydrogens is 404 g/mol. The van der Waals surface area contributed by atoms with E-state index in [2.05, 4.69) is 36.4 Å². The Kier molecular flexibility index (Phi) is 6.86. The number of hydrogen-bond donors (Lipinski definition) is 2. The van der Waals surface area contributed by atoms with Crippen LogP contribution in [0.5, 0.6) is 0 Å². The molecule has 0 fully saturated rings. The summed E-state index contributed by atoms with van der Waals surface area (Å²) in [6.45, 7) is 6.93. The van der Waals surface area contributed by atoms with E-state index >= 15 is 0 Å². The molecule has 0 unspecified atom stereocenters. The summed E-state index contributed by atoms with van der Waals surface area (Å²) in [5, 5.41) is 15.1. The van der Waals surface area contributed by atoms with Crippen LogP contribution in [0, 0.1) is 11.3 Å². The third kappa shape index (κ3) is 4.93. The SMILES string of the molecule is COCCNC(=O)C(C#N)=C1N=C(NC(=O)c2ccc(C(C)(C)C)cc2)c2ccccc21.